The third-order valence-corrected chi connectivity index (χ3v) is 6.32. The van der Waals surface area contributed by atoms with Crippen molar-refractivity contribution < 1.29 is 34.9 Å². The number of hydrogen-bond donors (Lipinski definition) is 0. The van der Waals surface area contributed by atoms with Gasteiger partial charge in [-0.25, -0.2) is 0 Å². The number of carbonyl (C=O) groups is 1. The van der Waals surface area contributed by atoms with Crippen molar-refractivity contribution in [3.05, 3.63) is 22.3 Å². The van der Waals surface area contributed by atoms with Crippen molar-refractivity contribution in [3.8, 4) is 0 Å². The third kappa shape index (κ3) is 11.0. The van der Waals surface area contributed by atoms with Crippen LogP contribution in [0, 0.1) is 0 Å². The van der Waals surface area contributed by atoms with Gasteiger partial charge in [0.1, 0.15) is 0 Å². The first-order chi connectivity index (χ1) is 7.34. The summed E-state index contributed by atoms with van der Waals surface area (Å²) in [5.74, 6) is 0. The molecule has 0 saturated heterocycles. The van der Waals surface area contributed by atoms with Crippen LogP contribution in [-0.2, 0) is 34.9 Å². The van der Waals surface area contributed by atoms with Crippen LogP contribution in [0.15, 0.2) is 22.3 Å². The molecular formula is C9H6ClO4Re. The molecule has 0 amide bonds. The topological polar surface area (TPSA) is 68.3 Å². The summed E-state index contributed by atoms with van der Waals surface area (Å²) >= 11 is -2.05. The van der Waals surface area contributed by atoms with Gasteiger partial charge in [-0.3, -0.25) is 14.4 Å². The molecule has 80 valence electrons. The van der Waals surface area contributed by atoms with E-state index in [9.17, 15) is 4.79 Å². The van der Waals surface area contributed by atoms with E-state index in [1.807, 2.05) is 18.2 Å². The monoisotopic (exact) mass is 400 g/mol. The second-order valence-electron chi connectivity index (χ2n) is 1.60. The van der Waals surface area contributed by atoms with Gasteiger partial charge < -0.3 is 0 Å². The minimum Gasteiger partial charge on any atom is -0.281 e. The summed E-state index contributed by atoms with van der Waals surface area (Å²) in [4.78, 5) is 32.7. The van der Waals surface area contributed by atoms with Gasteiger partial charge in [-0.15, -0.1) is 0 Å². The van der Waals surface area contributed by atoms with E-state index in [0.717, 1.165) is 11.2 Å². The first-order valence-electron chi connectivity index (χ1n) is 3.12. The van der Waals surface area contributed by atoms with E-state index < -0.39 is 15.7 Å². The molecule has 0 bridgehead atoms. The van der Waals surface area contributed by atoms with Crippen molar-refractivity contribution in [2.75, 3.05) is 0 Å². The van der Waals surface area contributed by atoms with Crippen molar-refractivity contribution in [3.63, 3.8) is 0 Å². The zero-order valence-electron chi connectivity index (χ0n) is 7.41. The van der Waals surface area contributed by atoms with Gasteiger partial charge >= 0.3 is 63.5 Å². The van der Waals surface area contributed by atoms with E-state index in [-0.39, 0.29) is 0 Å². The summed E-state index contributed by atoms with van der Waals surface area (Å²) in [5.41, 5.74) is 0. The van der Waals surface area contributed by atoms with Gasteiger partial charge in [0.05, 0.1) is 0 Å². The third-order valence-electron chi connectivity index (χ3n) is 1.04. The van der Waals surface area contributed by atoms with Crippen LogP contribution in [0.3, 0.4) is 0 Å². The molecule has 1 rings (SSSR count). The van der Waals surface area contributed by atoms with Gasteiger partial charge in [0.2, 0.25) is 0 Å². The van der Waals surface area contributed by atoms with E-state index in [1.165, 1.54) is 4.05 Å². The molecule has 6 radical (unpaired) electrons. The van der Waals surface area contributed by atoms with Crippen LogP contribution in [0.2, 0.25) is 0 Å². The number of carbonyl (C=O) groups excluding carboxylic acids is 4. The van der Waals surface area contributed by atoms with Crippen molar-refractivity contribution in [1.82, 2.24) is 0 Å². The Morgan fingerprint density at radius 2 is 1.67 bits per heavy atom. The molecule has 1 aliphatic carbocycles. The number of hydrogen-bond acceptors (Lipinski definition) is 4. The summed E-state index contributed by atoms with van der Waals surface area (Å²) in [7, 11) is 5.78. The van der Waals surface area contributed by atoms with E-state index in [4.69, 9.17) is 23.9 Å². The van der Waals surface area contributed by atoms with Crippen LogP contribution in [-0.4, -0.2) is 25.1 Å². The molecule has 15 heavy (non-hydrogen) atoms. The first kappa shape index (κ1) is 19.6. The molecule has 0 saturated carbocycles. The summed E-state index contributed by atoms with van der Waals surface area (Å²) in [6, 6.07) is 0. The Balaban J connectivity index is -0.000000208. The maximum atomic E-state index is 10.2. The van der Waals surface area contributed by atoms with Crippen molar-refractivity contribution in [2.45, 2.75) is 6.42 Å². The zero-order valence-corrected chi connectivity index (χ0v) is 10.9. The van der Waals surface area contributed by atoms with Crippen LogP contribution in [0.5, 0.6) is 0 Å². The second-order valence-corrected chi connectivity index (χ2v) is 8.39. The fourth-order valence-corrected chi connectivity index (χ4v) is 3.43. The predicted octanol–water partition coefficient (Wildman–Crippen LogP) is 0.601. The molecule has 4 nitrogen and oxygen atoms in total. The quantitative estimate of drug-likeness (QED) is 0.638. The minimum atomic E-state index is -2.05. The molecule has 0 aromatic rings. The van der Waals surface area contributed by atoms with Crippen LogP contribution >= 0.6 is 9.53 Å². The van der Waals surface area contributed by atoms with Crippen LogP contribution < -0.4 is 0 Å². The molecule has 0 atom stereocenters. The van der Waals surface area contributed by atoms with Gasteiger partial charge in [0, 0.05) is 0 Å². The summed E-state index contributed by atoms with van der Waals surface area (Å²) in [6.07, 6.45) is 6.86. The van der Waals surface area contributed by atoms with Gasteiger partial charge in [-0.1, -0.05) is 0 Å². The number of rotatable bonds is 2. The Morgan fingerprint density at radius 1 is 1.20 bits per heavy atom. The molecule has 0 aromatic heterocycles. The molecule has 0 fully saturated rings. The molecule has 0 heterocycles. The Labute approximate surface area is 98.3 Å². The van der Waals surface area contributed by atoms with Crippen molar-refractivity contribution >= 4 is 34.7 Å². The second kappa shape index (κ2) is 18.8. The van der Waals surface area contributed by atoms with Crippen molar-refractivity contribution in [2.24, 2.45) is 0 Å². The average Bonchev–Trinajstić information content (AvgIpc) is 2.89. The van der Waals surface area contributed by atoms with Gasteiger partial charge in [-0.05, 0) is 0 Å². The molecular weight excluding hydrogens is 394 g/mol. The molecule has 0 N–H and O–H groups in total. The van der Waals surface area contributed by atoms with E-state index in [2.05, 4.69) is 20.4 Å². The van der Waals surface area contributed by atoms with Gasteiger partial charge in [0.15, 0.2) is 0 Å². The molecule has 6 heteroatoms. The molecule has 1 aliphatic rings. The van der Waals surface area contributed by atoms with E-state index >= 15 is 0 Å². The number of halogens is 1. The molecule has 0 aliphatic heterocycles. The molecule has 0 unspecified atom stereocenters. The maximum absolute atomic E-state index is 10.2. The normalized spacial score (nSPS) is 11.3. The fraction of sp³-hybridized carbons (Fsp3) is 0.111. The summed E-state index contributed by atoms with van der Waals surface area (Å²) in [5, 5.41) is 0. The smallest absolute Gasteiger partial charge is 0.281 e. The van der Waals surface area contributed by atoms with Crippen LogP contribution in [0.25, 0.3) is 0 Å². The first-order valence-corrected chi connectivity index (χ1v) is 9.41. The average molecular weight is 400 g/mol. The Hall–Kier alpha value is -0.888. The molecule has 0 spiro atoms. The zero-order chi connectivity index (χ0) is 12.7. The SMILES string of the molecule is O=[CH][Re]([Cl])[C]1=CC=CC1.[C]=O.[C]=O.[C]=O. The standard InChI is InChI=1S/C5H5.CHO.3CO.ClH.Re/c1-2-4-5-3-1;4*1-2;;/h1-3H,4H2;1H;;;;1H;/q;;;;;;+1/p-1. The summed E-state index contributed by atoms with van der Waals surface area (Å²) < 4.78 is 2.11. The summed E-state index contributed by atoms with van der Waals surface area (Å²) in [6.45, 7) is 13.5. The van der Waals surface area contributed by atoms with Crippen molar-refractivity contribution in [1.29, 1.82) is 0 Å². The Kier molecular flexibility index (Phi) is 24.6. The van der Waals surface area contributed by atoms with E-state index in [0.29, 0.717) is 0 Å². The number of allylic oxidation sites excluding steroid dienone is 4. The van der Waals surface area contributed by atoms with E-state index in [1.54, 1.807) is 0 Å². The largest absolute Gasteiger partial charge is 0.281 e. The predicted molar refractivity (Wildman–Crippen MR) is 51.5 cm³/mol. The fourth-order valence-electron chi connectivity index (χ4n) is 0.612. The van der Waals surface area contributed by atoms with Gasteiger partial charge in [0.25, 0.3) is 20.4 Å². The maximum Gasteiger partial charge on any atom is 0.281 e. The van der Waals surface area contributed by atoms with Crippen LogP contribution in [0.4, 0.5) is 0 Å². The Morgan fingerprint density at radius 3 is 1.93 bits per heavy atom. The minimum absolute atomic E-state index is 0.909. The van der Waals surface area contributed by atoms with Crippen LogP contribution in [0.1, 0.15) is 6.42 Å². The van der Waals surface area contributed by atoms with Gasteiger partial charge in [-0.2, -0.15) is 0 Å². The Bertz CT molecular complexity index is 213. The molecule has 0 aromatic carbocycles.